The van der Waals surface area contributed by atoms with Crippen molar-refractivity contribution in [1.82, 2.24) is 0 Å². The molecule has 0 bridgehead atoms. The predicted octanol–water partition coefficient (Wildman–Crippen LogP) is 4.24. The number of methoxy groups -OCH3 is 1. The number of carbonyl (C=O) groups excluding carboxylic acids is 1. The summed E-state index contributed by atoms with van der Waals surface area (Å²) >= 11 is 3.31. The van der Waals surface area contributed by atoms with Gasteiger partial charge < -0.3 is 15.4 Å². The van der Waals surface area contributed by atoms with Crippen molar-refractivity contribution in [2.24, 2.45) is 0 Å². The van der Waals surface area contributed by atoms with E-state index < -0.39 is 11.8 Å². The molecule has 0 fully saturated rings. The molecule has 0 aliphatic heterocycles. The number of urea groups is 1. The first-order valence-electron chi connectivity index (χ1n) is 5.75. The Balaban J connectivity index is 2.10. The third kappa shape index (κ3) is 3.71. The van der Waals surface area contributed by atoms with Crippen molar-refractivity contribution in [3.05, 3.63) is 52.8 Å². The molecule has 0 aliphatic rings. The topological polar surface area (TPSA) is 50.4 Å². The van der Waals surface area contributed by atoms with Crippen LogP contribution in [0.1, 0.15) is 0 Å². The molecule has 0 radical (unpaired) electrons. The van der Waals surface area contributed by atoms with Crippen LogP contribution in [0.15, 0.2) is 46.9 Å². The molecule has 2 aromatic rings. The van der Waals surface area contributed by atoms with Gasteiger partial charge in [-0.2, -0.15) is 0 Å². The summed E-state index contributed by atoms with van der Waals surface area (Å²) in [5, 5.41) is 5.18. The molecular weight excluding hydrogens is 327 g/mol. The van der Waals surface area contributed by atoms with E-state index in [1.165, 1.54) is 25.3 Å². The zero-order valence-corrected chi connectivity index (χ0v) is 12.2. The Bertz CT molecular complexity index is 634. The largest absolute Gasteiger partial charge is 0.495 e. The lowest BCUT2D eigenvalue weighted by molar-refractivity contribution is 0.262. The first-order chi connectivity index (χ1) is 9.58. The minimum Gasteiger partial charge on any atom is -0.495 e. The van der Waals surface area contributed by atoms with Crippen LogP contribution in [0.4, 0.5) is 20.6 Å². The number of amides is 2. The van der Waals surface area contributed by atoms with Gasteiger partial charge >= 0.3 is 6.03 Å². The first kappa shape index (κ1) is 14.3. The molecule has 0 heterocycles. The SMILES string of the molecule is COc1ccc(Br)cc1NC(=O)Nc1cccc(F)c1. The zero-order chi connectivity index (χ0) is 14.5. The Morgan fingerprint density at radius 1 is 1.20 bits per heavy atom. The minimum atomic E-state index is -0.480. The quantitative estimate of drug-likeness (QED) is 0.879. The summed E-state index contributed by atoms with van der Waals surface area (Å²) in [5.74, 6) is 0.116. The lowest BCUT2D eigenvalue weighted by atomic mass is 10.3. The highest BCUT2D eigenvalue weighted by molar-refractivity contribution is 9.10. The molecule has 0 saturated heterocycles. The van der Waals surface area contributed by atoms with E-state index in [1.807, 2.05) is 0 Å². The summed E-state index contributed by atoms with van der Waals surface area (Å²) < 4.78 is 19.0. The number of ether oxygens (including phenoxy) is 1. The van der Waals surface area contributed by atoms with Gasteiger partial charge in [-0.25, -0.2) is 9.18 Å². The van der Waals surface area contributed by atoms with E-state index in [2.05, 4.69) is 26.6 Å². The molecule has 2 amide bonds. The van der Waals surface area contributed by atoms with Gasteiger partial charge in [0.1, 0.15) is 11.6 Å². The van der Waals surface area contributed by atoms with Crippen LogP contribution in [0.2, 0.25) is 0 Å². The smallest absolute Gasteiger partial charge is 0.323 e. The summed E-state index contributed by atoms with van der Waals surface area (Å²) in [6.07, 6.45) is 0. The lowest BCUT2D eigenvalue weighted by Crippen LogP contribution is -2.19. The predicted molar refractivity (Wildman–Crippen MR) is 79.7 cm³/mol. The van der Waals surface area contributed by atoms with Crippen molar-refractivity contribution in [1.29, 1.82) is 0 Å². The van der Waals surface area contributed by atoms with Crippen molar-refractivity contribution in [2.75, 3.05) is 17.7 Å². The van der Waals surface area contributed by atoms with E-state index in [0.29, 0.717) is 17.1 Å². The second-order valence-corrected chi connectivity index (χ2v) is 4.85. The molecule has 2 rings (SSSR count). The molecule has 4 nitrogen and oxygen atoms in total. The van der Waals surface area contributed by atoms with Gasteiger partial charge in [-0.15, -0.1) is 0 Å². The van der Waals surface area contributed by atoms with Gasteiger partial charge in [-0.05, 0) is 36.4 Å². The summed E-state index contributed by atoms with van der Waals surface area (Å²) in [5.41, 5.74) is 0.882. The van der Waals surface area contributed by atoms with Gasteiger partial charge in [0.05, 0.1) is 12.8 Å². The highest BCUT2D eigenvalue weighted by Gasteiger charge is 2.08. The van der Waals surface area contributed by atoms with Gasteiger partial charge in [0, 0.05) is 10.2 Å². The number of anilines is 2. The summed E-state index contributed by atoms with van der Waals surface area (Å²) in [6, 6.07) is 10.4. The van der Waals surface area contributed by atoms with Crippen molar-refractivity contribution < 1.29 is 13.9 Å². The third-order valence-corrected chi connectivity index (χ3v) is 2.99. The maximum atomic E-state index is 13.0. The van der Waals surface area contributed by atoms with E-state index in [-0.39, 0.29) is 0 Å². The molecular formula is C14H12BrFN2O2. The summed E-state index contributed by atoms with van der Waals surface area (Å²) in [4.78, 5) is 11.9. The van der Waals surface area contributed by atoms with Crippen LogP contribution in [0.3, 0.4) is 0 Å². The molecule has 2 N–H and O–H groups in total. The Morgan fingerprint density at radius 2 is 2.00 bits per heavy atom. The van der Waals surface area contributed by atoms with Gasteiger partial charge in [0.2, 0.25) is 0 Å². The second-order valence-electron chi connectivity index (χ2n) is 3.93. The van der Waals surface area contributed by atoms with E-state index in [1.54, 1.807) is 24.3 Å². The first-order valence-corrected chi connectivity index (χ1v) is 6.55. The highest BCUT2D eigenvalue weighted by Crippen LogP contribution is 2.28. The summed E-state index contributed by atoms with van der Waals surface area (Å²) in [6.45, 7) is 0. The Labute approximate surface area is 124 Å². The molecule has 2 aromatic carbocycles. The van der Waals surface area contributed by atoms with Gasteiger partial charge in [-0.3, -0.25) is 0 Å². The van der Waals surface area contributed by atoms with Crippen molar-refractivity contribution >= 4 is 33.3 Å². The number of rotatable bonds is 3. The number of hydrogen-bond acceptors (Lipinski definition) is 2. The number of hydrogen-bond donors (Lipinski definition) is 2. The fourth-order valence-electron chi connectivity index (χ4n) is 1.63. The molecule has 20 heavy (non-hydrogen) atoms. The Morgan fingerprint density at radius 3 is 2.70 bits per heavy atom. The van der Waals surface area contributed by atoms with E-state index in [4.69, 9.17) is 4.74 Å². The van der Waals surface area contributed by atoms with Crippen LogP contribution in [-0.4, -0.2) is 13.1 Å². The average molecular weight is 339 g/mol. The van der Waals surface area contributed by atoms with Crippen molar-refractivity contribution in [3.63, 3.8) is 0 Å². The third-order valence-electron chi connectivity index (χ3n) is 2.49. The molecule has 0 spiro atoms. The molecule has 0 unspecified atom stereocenters. The number of nitrogens with one attached hydrogen (secondary N) is 2. The van der Waals surface area contributed by atoms with Crippen LogP contribution < -0.4 is 15.4 Å². The fourth-order valence-corrected chi connectivity index (χ4v) is 1.99. The maximum Gasteiger partial charge on any atom is 0.323 e. The fraction of sp³-hybridized carbons (Fsp3) is 0.0714. The lowest BCUT2D eigenvalue weighted by Gasteiger charge is -2.11. The standard InChI is InChI=1S/C14H12BrFN2O2/c1-20-13-6-5-9(15)7-12(13)18-14(19)17-11-4-2-3-10(16)8-11/h2-8H,1H3,(H2,17,18,19). The van der Waals surface area contributed by atoms with Crippen molar-refractivity contribution in [2.45, 2.75) is 0 Å². The monoisotopic (exact) mass is 338 g/mol. The number of carbonyl (C=O) groups is 1. The van der Waals surface area contributed by atoms with E-state index in [9.17, 15) is 9.18 Å². The van der Waals surface area contributed by atoms with Crippen LogP contribution in [0.25, 0.3) is 0 Å². The van der Waals surface area contributed by atoms with Crippen LogP contribution in [0, 0.1) is 5.82 Å². The van der Waals surface area contributed by atoms with Crippen LogP contribution in [0.5, 0.6) is 5.75 Å². The molecule has 0 aliphatic carbocycles. The summed E-state index contributed by atoms with van der Waals surface area (Å²) in [7, 11) is 1.51. The van der Waals surface area contributed by atoms with Gasteiger partial charge in [-0.1, -0.05) is 22.0 Å². The Hall–Kier alpha value is -2.08. The van der Waals surface area contributed by atoms with Crippen LogP contribution in [-0.2, 0) is 0 Å². The molecule has 104 valence electrons. The average Bonchev–Trinajstić information content (AvgIpc) is 2.38. The van der Waals surface area contributed by atoms with E-state index in [0.717, 1.165) is 4.47 Å². The van der Waals surface area contributed by atoms with Crippen molar-refractivity contribution in [3.8, 4) is 5.75 Å². The zero-order valence-electron chi connectivity index (χ0n) is 10.6. The highest BCUT2D eigenvalue weighted by atomic mass is 79.9. The minimum absolute atomic E-state index is 0.372. The second kappa shape index (κ2) is 6.38. The van der Waals surface area contributed by atoms with Gasteiger partial charge in [0.25, 0.3) is 0 Å². The number of halogens is 2. The van der Waals surface area contributed by atoms with E-state index >= 15 is 0 Å². The van der Waals surface area contributed by atoms with Crippen LogP contribution >= 0.6 is 15.9 Å². The molecule has 0 aromatic heterocycles. The Kier molecular flexibility index (Phi) is 4.57. The molecule has 0 saturated carbocycles. The number of benzene rings is 2. The maximum absolute atomic E-state index is 13.0. The molecule has 0 atom stereocenters. The van der Waals surface area contributed by atoms with Gasteiger partial charge in [0.15, 0.2) is 0 Å². The molecule has 6 heteroatoms. The normalized spacial score (nSPS) is 9.95.